The van der Waals surface area contributed by atoms with Crippen molar-refractivity contribution >= 4 is 21.6 Å². The van der Waals surface area contributed by atoms with Crippen LogP contribution < -0.4 is 15.2 Å². The number of amides is 2. The molecule has 2 heterocycles. The van der Waals surface area contributed by atoms with Crippen molar-refractivity contribution in [1.29, 1.82) is 0 Å². The van der Waals surface area contributed by atoms with Gasteiger partial charge in [-0.25, -0.2) is 23.2 Å². The average Bonchev–Trinajstić information content (AvgIpc) is 3.43. The zero-order valence-corrected chi connectivity index (χ0v) is 17.9. The van der Waals surface area contributed by atoms with Crippen LogP contribution in [0.5, 0.6) is 5.88 Å². The molecule has 166 valence electrons. The molecule has 0 unspecified atom stereocenters. The zero-order valence-electron chi connectivity index (χ0n) is 17.1. The van der Waals surface area contributed by atoms with Crippen molar-refractivity contribution in [2.45, 2.75) is 55.8 Å². The average molecular weight is 450 g/mol. The van der Waals surface area contributed by atoms with E-state index in [-0.39, 0.29) is 23.3 Å². The lowest BCUT2D eigenvalue weighted by atomic mass is 9.99. The van der Waals surface area contributed by atoms with Crippen LogP contribution in [0.15, 0.2) is 21.5 Å². The summed E-state index contributed by atoms with van der Waals surface area (Å²) in [5.74, 6) is 0.230. The Balaban J connectivity index is 1.44. The van der Waals surface area contributed by atoms with E-state index in [0.717, 1.165) is 41.5 Å². The van der Waals surface area contributed by atoms with Crippen molar-refractivity contribution in [1.82, 2.24) is 9.78 Å². The first kappa shape index (κ1) is 20.4. The van der Waals surface area contributed by atoms with E-state index in [2.05, 4.69) is 20.8 Å². The molecule has 2 aliphatic carbocycles. The Morgan fingerprint density at radius 3 is 3.06 bits per heavy atom. The number of nitrogens with zero attached hydrogens (tertiary/aromatic N) is 3. The highest BCUT2D eigenvalue weighted by Crippen LogP contribution is 2.39. The summed E-state index contributed by atoms with van der Waals surface area (Å²) in [5, 5.41) is 12.8. The third kappa shape index (κ3) is 3.60. The van der Waals surface area contributed by atoms with Crippen LogP contribution >= 0.6 is 0 Å². The lowest BCUT2D eigenvalue weighted by Crippen LogP contribution is -2.22. The summed E-state index contributed by atoms with van der Waals surface area (Å²) in [5.41, 5.74) is 4.47. The van der Waals surface area contributed by atoms with Crippen molar-refractivity contribution in [3.8, 4) is 5.88 Å². The molecule has 0 bridgehead atoms. The smallest absolute Gasteiger partial charge is 0.354 e. The Kier molecular flexibility index (Phi) is 4.98. The molecule has 9 nitrogen and oxygen atoms in total. The van der Waals surface area contributed by atoms with Crippen LogP contribution in [0.25, 0.3) is 0 Å². The van der Waals surface area contributed by atoms with Gasteiger partial charge in [-0.15, -0.1) is 4.36 Å². The first-order chi connectivity index (χ1) is 14.9. The number of rotatable bonds is 4. The fraction of sp³-hybridized carbons (Fsp3) is 0.500. The lowest BCUT2D eigenvalue weighted by molar-refractivity contribution is 0.0920. The largest absolute Gasteiger partial charge is 0.469 e. The molecule has 0 radical (unpaired) electrons. The number of halogens is 1. The van der Waals surface area contributed by atoms with Gasteiger partial charge in [0.25, 0.3) is 0 Å². The van der Waals surface area contributed by atoms with Crippen LogP contribution in [0.4, 0.5) is 14.9 Å². The van der Waals surface area contributed by atoms with E-state index < -0.39 is 22.1 Å². The number of carbonyl (C=O) groups is 1. The van der Waals surface area contributed by atoms with Gasteiger partial charge in [0, 0.05) is 25.6 Å². The number of nitrogens with one attached hydrogen (secondary N) is 1. The number of methoxy groups -OCH3 is 1. The van der Waals surface area contributed by atoms with Crippen molar-refractivity contribution in [2.24, 2.45) is 9.50 Å². The number of fused-ring (bicyclic) bond motifs is 3. The monoisotopic (exact) mass is 449 g/mol. The number of alkyl halides is 1. The molecule has 5 rings (SSSR count). The predicted octanol–water partition coefficient (Wildman–Crippen LogP) is 2.15. The van der Waals surface area contributed by atoms with Gasteiger partial charge in [0.05, 0.1) is 19.3 Å². The Morgan fingerprint density at radius 2 is 2.26 bits per heavy atom. The van der Waals surface area contributed by atoms with Crippen molar-refractivity contribution in [3.05, 3.63) is 34.5 Å². The summed E-state index contributed by atoms with van der Waals surface area (Å²) in [4.78, 5) is 12.8. The third-order valence-electron chi connectivity index (χ3n) is 6.00. The summed E-state index contributed by atoms with van der Waals surface area (Å²) < 4.78 is 43.3. The van der Waals surface area contributed by atoms with Crippen LogP contribution in [-0.2, 0) is 46.9 Å². The summed E-state index contributed by atoms with van der Waals surface area (Å²) >= 11 is 0. The Bertz CT molecular complexity index is 1190. The Labute approximate surface area is 179 Å². The number of hydrogen-bond acceptors (Lipinski definition) is 5. The summed E-state index contributed by atoms with van der Waals surface area (Å²) in [7, 11) is -2.04. The normalized spacial score (nSPS) is 22.9. The van der Waals surface area contributed by atoms with Gasteiger partial charge >= 0.3 is 6.03 Å². The highest BCUT2D eigenvalue weighted by molar-refractivity contribution is 7.91. The van der Waals surface area contributed by atoms with E-state index in [1.165, 1.54) is 10.9 Å². The number of nitrogens with two attached hydrogens (primary N) is 1. The highest BCUT2D eigenvalue weighted by atomic mass is 32.2. The standard InChI is InChI=1S/C20H24FN5O4S/c1-29-10-14-9-26-19(30-14)17(8-23-26)31(22,28)25-20(27)24-18-15-4-2-3-11(15)5-12-6-13(21)7-16(12)18/h5,8,13-14H,2-4,6-7,9-10H2,1H3,(H3,22,24,25,27,28)/t13-,14-,31+/m0/s1. The molecule has 2 aromatic rings. The molecule has 1 aromatic heterocycles. The van der Waals surface area contributed by atoms with E-state index in [1.807, 2.05) is 0 Å². The van der Waals surface area contributed by atoms with Gasteiger partial charge < -0.3 is 14.8 Å². The quantitative estimate of drug-likeness (QED) is 0.741. The Morgan fingerprint density at radius 1 is 1.42 bits per heavy atom. The minimum absolute atomic E-state index is 0.0635. The summed E-state index contributed by atoms with van der Waals surface area (Å²) in [6.45, 7) is 0.767. The molecule has 1 aliphatic heterocycles. The molecule has 11 heteroatoms. The van der Waals surface area contributed by atoms with Gasteiger partial charge in [-0.1, -0.05) is 6.07 Å². The molecule has 0 fully saturated rings. The maximum atomic E-state index is 14.1. The molecule has 31 heavy (non-hydrogen) atoms. The van der Waals surface area contributed by atoms with Gasteiger partial charge in [-0.2, -0.15) is 5.10 Å². The Hall–Kier alpha value is -2.50. The predicted molar refractivity (Wildman–Crippen MR) is 111 cm³/mol. The van der Waals surface area contributed by atoms with Gasteiger partial charge in [0.15, 0.2) is 9.92 Å². The lowest BCUT2D eigenvalue weighted by Gasteiger charge is -2.15. The first-order valence-electron chi connectivity index (χ1n) is 10.2. The molecule has 0 saturated heterocycles. The molecule has 0 spiro atoms. The molecule has 3 aliphatic rings. The van der Waals surface area contributed by atoms with E-state index in [1.54, 1.807) is 7.11 Å². The number of carbonyl (C=O) groups excluding carboxylic acids is 1. The molecule has 0 saturated carbocycles. The number of aromatic nitrogens is 2. The summed E-state index contributed by atoms with van der Waals surface area (Å²) in [6.07, 6.45) is 3.35. The molecule has 3 atom stereocenters. The topological polar surface area (TPSA) is 121 Å². The first-order valence-corrected chi connectivity index (χ1v) is 11.8. The minimum atomic E-state index is -3.60. The minimum Gasteiger partial charge on any atom is -0.469 e. The maximum absolute atomic E-state index is 14.1. The number of aryl methyl sites for hydroxylation is 1. The third-order valence-corrected chi connectivity index (χ3v) is 7.35. The van der Waals surface area contributed by atoms with Gasteiger partial charge in [-0.05, 0) is 41.5 Å². The molecular weight excluding hydrogens is 425 g/mol. The van der Waals surface area contributed by atoms with E-state index in [9.17, 15) is 13.4 Å². The number of ether oxygens (including phenoxy) is 2. The SMILES string of the molecule is COC[C@@H]1Cn2ncc([S@](N)(=O)=NC(=O)Nc3c4c(cc5c3C[C@@H](F)C5)CCC4)c2O1. The maximum Gasteiger partial charge on any atom is 0.354 e. The number of benzene rings is 1. The molecule has 3 N–H and O–H groups in total. The van der Waals surface area contributed by atoms with Gasteiger partial charge in [-0.3, -0.25) is 0 Å². The fourth-order valence-corrected chi connectivity index (χ4v) is 5.71. The fourth-order valence-electron chi connectivity index (χ4n) is 4.72. The second-order valence-corrected chi connectivity index (χ2v) is 9.93. The van der Waals surface area contributed by atoms with Gasteiger partial charge in [0.1, 0.15) is 17.2 Å². The summed E-state index contributed by atoms with van der Waals surface area (Å²) in [6, 6.07) is 1.23. The van der Waals surface area contributed by atoms with E-state index >= 15 is 0 Å². The van der Waals surface area contributed by atoms with Crippen molar-refractivity contribution in [2.75, 3.05) is 19.0 Å². The van der Waals surface area contributed by atoms with E-state index in [0.29, 0.717) is 25.3 Å². The van der Waals surface area contributed by atoms with Crippen molar-refractivity contribution < 1.29 is 22.9 Å². The molecular formula is C20H24FN5O4S. The van der Waals surface area contributed by atoms with Crippen molar-refractivity contribution in [3.63, 3.8) is 0 Å². The van der Waals surface area contributed by atoms with Crippen LogP contribution in [-0.4, -0.2) is 46.0 Å². The molecule has 2 amide bonds. The number of anilines is 1. The molecule has 1 aromatic carbocycles. The number of urea groups is 1. The second kappa shape index (κ2) is 7.57. The van der Waals surface area contributed by atoms with E-state index in [4.69, 9.17) is 14.6 Å². The second-order valence-electron chi connectivity index (χ2n) is 8.17. The number of hydrogen-bond donors (Lipinski definition) is 2. The highest BCUT2D eigenvalue weighted by Gasteiger charge is 2.32. The van der Waals surface area contributed by atoms with Crippen LogP contribution in [0.1, 0.15) is 28.7 Å². The zero-order chi connectivity index (χ0) is 21.8. The van der Waals surface area contributed by atoms with Gasteiger partial charge in [0.2, 0.25) is 5.88 Å². The van der Waals surface area contributed by atoms with Crippen LogP contribution in [0.2, 0.25) is 0 Å². The van der Waals surface area contributed by atoms with Crippen LogP contribution in [0, 0.1) is 0 Å². The van der Waals surface area contributed by atoms with Crippen LogP contribution in [0.3, 0.4) is 0 Å².